The number of hydrogen-bond donors (Lipinski definition) is 7. The van der Waals surface area contributed by atoms with Crippen molar-refractivity contribution in [2.45, 2.75) is 12.8 Å². The van der Waals surface area contributed by atoms with E-state index in [-0.39, 0.29) is 24.0 Å². The van der Waals surface area contributed by atoms with Gasteiger partial charge in [-0.3, -0.25) is 59.4 Å². The van der Waals surface area contributed by atoms with Crippen LogP contribution in [0.1, 0.15) is 22.3 Å². The largest absolute Gasteiger partial charge is 0.507 e. The maximum atomic E-state index is 13.3. The van der Waals surface area contributed by atoms with Gasteiger partial charge in [-0.1, -0.05) is 42.5 Å². The van der Waals surface area contributed by atoms with E-state index in [0.29, 0.717) is 130 Å². The molecule has 30 nitrogen and oxygen atoms in total. The van der Waals surface area contributed by atoms with E-state index in [2.05, 4.69) is 72.6 Å². The molecule has 21 rings (SSSR count). The Kier molecular flexibility index (Phi) is 24.5. The van der Waals surface area contributed by atoms with Crippen LogP contribution >= 0.6 is 0 Å². The van der Waals surface area contributed by atoms with Gasteiger partial charge in [-0.2, -0.15) is 10.5 Å². The molecular weight excluding hydrogens is 1640 g/mol. The maximum Gasteiger partial charge on any atom is 0.417 e. The number of aromatic amines is 4. The van der Waals surface area contributed by atoms with Gasteiger partial charge in [0.25, 0.3) is 0 Å². The number of nitrogens with one attached hydrogen (secondary N) is 6. The fourth-order valence-electron chi connectivity index (χ4n) is 13.7. The number of anilines is 2. The van der Waals surface area contributed by atoms with Gasteiger partial charge in [0.2, 0.25) is 11.8 Å². The third-order valence-electron chi connectivity index (χ3n) is 19.5. The van der Waals surface area contributed by atoms with Crippen LogP contribution in [0.3, 0.4) is 0 Å². The summed E-state index contributed by atoms with van der Waals surface area (Å²) in [6.07, 6.45) is 19.4. The Hall–Kier alpha value is -18.5. The van der Waals surface area contributed by atoms with Crippen molar-refractivity contribution in [3.05, 3.63) is 363 Å². The van der Waals surface area contributed by atoms with Crippen LogP contribution < -0.4 is 57.3 Å². The molecule has 0 radical (unpaired) electrons. The molecule has 0 fully saturated rings. The number of carbonyl (C=O) groups excluding carboxylic acids is 2. The summed E-state index contributed by atoms with van der Waals surface area (Å²) in [5, 5.41) is 33.3. The minimum atomic E-state index is -0.530. The third-order valence-corrected chi connectivity index (χ3v) is 19.5. The first-order chi connectivity index (χ1) is 62.3. The lowest BCUT2D eigenvalue weighted by molar-refractivity contribution is -0.115. The lowest BCUT2D eigenvalue weighted by atomic mass is 10.0. The number of phenolic OH excluding ortho intramolecular Hbond substituents is 1. The number of oxazole rings is 4. The van der Waals surface area contributed by atoms with Crippen molar-refractivity contribution >= 4 is 67.6 Å². The fraction of sp³-hybridized carbons (Fsp3) is 0.0417. The number of ether oxygens (including phenoxy) is 5. The molecule has 0 bridgehead atoms. The quantitative estimate of drug-likeness (QED) is 0.0531. The molecule has 0 atom stereocenters. The number of aromatic hydroxyl groups is 1. The predicted octanol–water partition coefficient (Wildman–Crippen LogP) is 18.3. The van der Waals surface area contributed by atoms with Crippen LogP contribution in [0.5, 0.6) is 51.7 Å². The number of benzene rings is 9. The lowest BCUT2D eigenvalue weighted by Crippen LogP contribution is -2.03. The average molecular weight is 1710 g/mol. The molecule has 0 saturated heterocycles. The minimum absolute atomic E-state index is 0.0108. The zero-order valence-electron chi connectivity index (χ0n) is 67.0. The number of methoxy groups -OCH3 is 2. The zero-order chi connectivity index (χ0) is 88.7. The fourth-order valence-corrected chi connectivity index (χ4v) is 13.7. The van der Waals surface area contributed by atoms with Crippen LogP contribution in [-0.4, -0.2) is 81.0 Å². The average Bonchev–Trinajstić information content (AvgIpc) is 1.53. The topological polar surface area (TPSA) is 433 Å². The number of nitrogens with zero attached hydrogens (tertiary/aromatic N) is 8. The van der Waals surface area contributed by atoms with E-state index in [1.807, 2.05) is 103 Å². The van der Waals surface area contributed by atoms with Crippen LogP contribution in [0, 0.1) is 34.3 Å². The summed E-state index contributed by atoms with van der Waals surface area (Å²) < 4.78 is 75.3. The molecule has 0 unspecified atom stereocenters. The highest BCUT2D eigenvalue weighted by Gasteiger charge is 2.25. The molecule has 7 N–H and O–H groups in total. The second-order valence-electron chi connectivity index (χ2n) is 28.0. The van der Waals surface area contributed by atoms with Crippen molar-refractivity contribution in [1.82, 2.24) is 49.8 Å². The van der Waals surface area contributed by atoms with E-state index < -0.39 is 34.7 Å². The normalized spacial score (nSPS) is 11.4. The van der Waals surface area contributed by atoms with Gasteiger partial charge >= 0.3 is 23.0 Å². The van der Waals surface area contributed by atoms with Gasteiger partial charge in [-0.05, 0) is 151 Å². The van der Waals surface area contributed by atoms with Gasteiger partial charge in [-0.25, -0.2) is 28.0 Å². The summed E-state index contributed by atoms with van der Waals surface area (Å²) in [5.41, 5.74) is 16.8. The molecule has 628 valence electrons. The van der Waals surface area contributed by atoms with Gasteiger partial charge in [0.15, 0.2) is 22.3 Å². The first-order valence-corrected chi connectivity index (χ1v) is 38.6. The molecule has 128 heavy (non-hydrogen) atoms. The number of para-hydroxylation sites is 1. The Morgan fingerprint density at radius 2 is 0.719 bits per heavy atom. The van der Waals surface area contributed by atoms with Gasteiger partial charge in [0.1, 0.15) is 63.4 Å². The molecule has 10 aromatic heterocycles. The van der Waals surface area contributed by atoms with Crippen molar-refractivity contribution in [3.8, 4) is 131 Å². The molecule has 19 aromatic rings. The van der Waals surface area contributed by atoms with Gasteiger partial charge in [0, 0.05) is 170 Å². The summed E-state index contributed by atoms with van der Waals surface area (Å²) in [4.78, 5) is 103. The number of nitriles is 2. The van der Waals surface area contributed by atoms with Crippen LogP contribution in [0.2, 0.25) is 0 Å². The highest BCUT2D eigenvalue weighted by molar-refractivity contribution is 6.01. The Morgan fingerprint density at radius 1 is 0.352 bits per heavy atom. The molecule has 2 aliphatic rings. The van der Waals surface area contributed by atoms with E-state index in [0.717, 1.165) is 79.5 Å². The Balaban J connectivity index is 0.000000113. The number of hydrogen-bond acceptors (Lipinski definition) is 24. The maximum absolute atomic E-state index is 13.3. The highest BCUT2D eigenvalue weighted by atomic mass is 19.1. The van der Waals surface area contributed by atoms with Gasteiger partial charge in [0.05, 0.1) is 84.8 Å². The number of fused-ring (bicyclic) bond motifs is 6. The first kappa shape index (κ1) is 83.2. The molecule has 2 amide bonds. The number of pyridine rings is 6. The molecule has 0 spiro atoms. The number of amides is 2. The molecule has 2 aliphatic heterocycles. The number of rotatable bonds is 14. The van der Waals surface area contributed by atoms with Crippen LogP contribution in [0.25, 0.3) is 111 Å². The van der Waals surface area contributed by atoms with Crippen LogP contribution in [0.4, 0.5) is 20.2 Å². The van der Waals surface area contributed by atoms with Crippen molar-refractivity contribution in [2.24, 2.45) is 0 Å². The van der Waals surface area contributed by atoms with Crippen molar-refractivity contribution in [1.29, 1.82) is 10.5 Å². The predicted molar refractivity (Wildman–Crippen MR) is 468 cm³/mol. The number of aromatic nitrogens is 10. The smallest absolute Gasteiger partial charge is 0.417 e. The standard InChI is InChI=1S/C19H11N3O3.C19H14N2O4.C18H12N2O3.C14H11FN2O2.C13H9FN2O2.C13H7N3O2/c20-10-12-3-5-14(6-4-12)24-17-9-16-18(25-19(23)22-16)8-15(17)13-2-1-7-21-11-13;1-23-13-4-6-14(7-5-13)24-17-10-16-18(25-19(22)21-16)9-15(17)12-3-2-8-20-11-12;21-18-20-15-10-16(22-13-6-2-1-3-7-13)14(9-17(15)23-18)12-5-4-8-19-11-12;1-19-13-5-12-8(4-14(18)17-12)3-11(13)9-2-10(15)7-16-6-9;14-9-1-8(5-15-6-9)10-2-7-3-13(18)16-11(7)4-12(10)17;14-6-9-4-11-12(18-13(17)16-11)5-10(9)8-2-1-3-15-7-8/h1-9,11H,(H,22,23);2-11H,1H3,(H,21,22);1-11H,(H,20,21);2-3,5-7H,4H2,1H3,(H,17,18);1-2,4-6,17H,3H2,(H,16,18);1-5,7H,(H,16,17). The van der Waals surface area contributed by atoms with Crippen molar-refractivity contribution in [3.63, 3.8) is 0 Å². The number of halogens is 2. The van der Waals surface area contributed by atoms with E-state index in [1.165, 1.54) is 31.5 Å². The third kappa shape index (κ3) is 19.6. The Morgan fingerprint density at radius 3 is 1.12 bits per heavy atom. The monoisotopic (exact) mass is 1710 g/mol. The number of H-pyrrole nitrogens is 4. The van der Waals surface area contributed by atoms with Gasteiger partial charge in [-0.15, -0.1) is 0 Å². The van der Waals surface area contributed by atoms with E-state index in [4.69, 9.17) is 51.9 Å². The summed E-state index contributed by atoms with van der Waals surface area (Å²) in [7, 11) is 3.15. The van der Waals surface area contributed by atoms with E-state index in [1.54, 1.807) is 154 Å². The Bertz CT molecular complexity index is 7670. The summed E-state index contributed by atoms with van der Waals surface area (Å²) in [6, 6.07) is 65.7. The van der Waals surface area contributed by atoms with Crippen LogP contribution in [0.15, 0.2) is 324 Å². The minimum Gasteiger partial charge on any atom is -0.507 e. The lowest BCUT2D eigenvalue weighted by Gasteiger charge is -2.12. The van der Waals surface area contributed by atoms with Crippen LogP contribution in [-0.2, 0) is 22.4 Å². The van der Waals surface area contributed by atoms with Crippen molar-refractivity contribution in [2.75, 3.05) is 24.9 Å². The van der Waals surface area contributed by atoms with E-state index in [9.17, 15) is 42.7 Å². The van der Waals surface area contributed by atoms with Crippen molar-refractivity contribution < 1.29 is 64.8 Å². The molecule has 12 heterocycles. The number of carbonyl (C=O) groups is 2. The number of phenols is 1. The molecular formula is C96H64F2N14O16. The SMILES string of the molecule is COc1cc2c(cc1-c1cncc(F)c1)CC(=O)N2.COc1ccc(Oc2cc3[nH]c(=O)oc3cc2-c2cccnc2)cc1.N#Cc1cc2[nH]c(=O)oc2cc1-c1cccnc1.N#Cc1ccc(Oc2cc3[nH]c(=O)oc3cc2-c2cccnc2)cc1.O=C1Cc2cc(-c3cncc(F)c3)c(O)cc2N1.O=c1[nH]c2cc(Oc3ccccc3)c(-c3cccnc3)cc2o1. The molecule has 0 aliphatic carbocycles. The Labute approximate surface area is 720 Å². The second-order valence-corrected chi connectivity index (χ2v) is 28.0. The summed E-state index contributed by atoms with van der Waals surface area (Å²) in [5.74, 6) is 1.90. The molecule has 9 aromatic carbocycles. The summed E-state index contributed by atoms with van der Waals surface area (Å²) in [6.45, 7) is 0. The second kappa shape index (κ2) is 37.7. The van der Waals surface area contributed by atoms with Gasteiger partial charge < -0.3 is 57.1 Å². The first-order valence-electron chi connectivity index (χ1n) is 38.6. The summed E-state index contributed by atoms with van der Waals surface area (Å²) >= 11 is 0. The molecule has 32 heteroatoms. The molecule has 0 saturated carbocycles. The zero-order valence-corrected chi connectivity index (χ0v) is 67.0. The van der Waals surface area contributed by atoms with E-state index >= 15 is 0 Å². The highest BCUT2D eigenvalue weighted by Crippen LogP contribution is 2.43.